The number of amides is 2. The zero-order valence-corrected chi connectivity index (χ0v) is 12.4. The molecule has 0 aromatic heterocycles. The van der Waals surface area contributed by atoms with Crippen LogP contribution in [-0.4, -0.2) is 35.1 Å². The molecule has 0 spiro atoms. The molecule has 1 rings (SSSR count). The maximum Gasteiger partial charge on any atom is 0.326 e. The minimum atomic E-state index is -1.02. The zero-order valence-electron chi connectivity index (χ0n) is 12.4. The predicted molar refractivity (Wildman–Crippen MR) is 77.4 cm³/mol. The second-order valence-electron chi connectivity index (χ2n) is 5.29. The normalized spacial score (nSPS) is 12.1. The van der Waals surface area contributed by atoms with Crippen LogP contribution < -0.4 is 5.32 Å². The summed E-state index contributed by atoms with van der Waals surface area (Å²) in [4.78, 5) is 24.6. The minimum absolute atomic E-state index is 0.164. The Morgan fingerprint density at radius 3 is 2.40 bits per heavy atom. The number of nitrogens with one attached hydrogen (secondary N) is 1. The molecule has 0 heterocycles. The van der Waals surface area contributed by atoms with Gasteiger partial charge < -0.3 is 15.3 Å². The number of nitrogens with zero attached hydrogens (tertiary/aromatic N) is 1. The van der Waals surface area contributed by atoms with Gasteiger partial charge in [-0.25, -0.2) is 9.59 Å². The lowest BCUT2D eigenvalue weighted by Crippen LogP contribution is -2.48. The number of aryl methyl sites for hydroxylation is 1. The summed E-state index contributed by atoms with van der Waals surface area (Å²) in [7, 11) is 1.65. The van der Waals surface area contributed by atoms with E-state index in [2.05, 4.69) is 5.32 Å². The first-order valence-corrected chi connectivity index (χ1v) is 6.62. The largest absolute Gasteiger partial charge is 0.480 e. The van der Waals surface area contributed by atoms with Crippen molar-refractivity contribution < 1.29 is 14.7 Å². The number of benzene rings is 1. The molecular weight excluding hydrogens is 256 g/mol. The Bertz CT molecular complexity index is 486. The molecule has 1 aromatic rings. The number of rotatable bonds is 5. The first kappa shape index (κ1) is 16.0. The van der Waals surface area contributed by atoms with Crippen LogP contribution in [0.5, 0.6) is 0 Å². The number of carboxylic acid groups (broad SMARTS) is 1. The number of urea groups is 1. The molecule has 110 valence electrons. The van der Waals surface area contributed by atoms with Gasteiger partial charge in [0.2, 0.25) is 0 Å². The average molecular weight is 278 g/mol. The van der Waals surface area contributed by atoms with Crippen molar-refractivity contribution in [1.29, 1.82) is 0 Å². The van der Waals surface area contributed by atoms with E-state index < -0.39 is 12.0 Å². The van der Waals surface area contributed by atoms with Crippen LogP contribution in [0, 0.1) is 12.8 Å². The van der Waals surface area contributed by atoms with Crippen LogP contribution >= 0.6 is 0 Å². The quantitative estimate of drug-likeness (QED) is 0.868. The third-order valence-corrected chi connectivity index (χ3v) is 3.23. The van der Waals surface area contributed by atoms with E-state index in [-0.39, 0.29) is 11.9 Å². The molecule has 0 unspecified atom stereocenters. The van der Waals surface area contributed by atoms with E-state index in [0.717, 1.165) is 11.1 Å². The molecular formula is C15H22N2O3. The predicted octanol–water partition coefficient (Wildman–Crippen LogP) is 2.25. The topological polar surface area (TPSA) is 69.6 Å². The Hall–Kier alpha value is -2.04. The van der Waals surface area contributed by atoms with Crippen molar-refractivity contribution in [3.63, 3.8) is 0 Å². The molecule has 0 aliphatic carbocycles. The number of carbonyl (C=O) groups is 2. The van der Waals surface area contributed by atoms with Crippen molar-refractivity contribution in [3.8, 4) is 0 Å². The van der Waals surface area contributed by atoms with Crippen LogP contribution in [0.25, 0.3) is 0 Å². The fourth-order valence-electron chi connectivity index (χ4n) is 1.87. The number of hydrogen-bond donors (Lipinski definition) is 2. The Kier molecular flexibility index (Phi) is 5.55. The van der Waals surface area contributed by atoms with Gasteiger partial charge in [0.15, 0.2) is 0 Å². The summed E-state index contributed by atoms with van der Waals surface area (Å²) in [6.45, 7) is 5.96. The summed E-state index contributed by atoms with van der Waals surface area (Å²) >= 11 is 0. The Balaban J connectivity index is 2.68. The molecule has 5 nitrogen and oxygen atoms in total. The molecule has 20 heavy (non-hydrogen) atoms. The van der Waals surface area contributed by atoms with E-state index in [1.807, 2.05) is 31.2 Å². The number of carbonyl (C=O) groups excluding carboxylic acids is 1. The number of hydrogen-bond acceptors (Lipinski definition) is 2. The third kappa shape index (κ3) is 4.26. The van der Waals surface area contributed by atoms with Gasteiger partial charge in [-0.2, -0.15) is 0 Å². The lowest BCUT2D eigenvalue weighted by molar-refractivity contribution is -0.140. The first-order valence-electron chi connectivity index (χ1n) is 6.62. The SMILES string of the molecule is Cc1ccccc1CN(C)C(=O)N[C@@H](C(=O)O)C(C)C. The monoisotopic (exact) mass is 278 g/mol. The van der Waals surface area contributed by atoms with Gasteiger partial charge in [-0.3, -0.25) is 0 Å². The van der Waals surface area contributed by atoms with Crippen molar-refractivity contribution in [1.82, 2.24) is 10.2 Å². The maximum absolute atomic E-state index is 12.0. The molecule has 0 aliphatic heterocycles. The lowest BCUT2D eigenvalue weighted by Gasteiger charge is -2.23. The molecule has 0 saturated heterocycles. The van der Waals surface area contributed by atoms with Crippen molar-refractivity contribution in [2.24, 2.45) is 5.92 Å². The summed E-state index contributed by atoms with van der Waals surface area (Å²) in [5.41, 5.74) is 2.15. The number of carboxylic acids is 1. The lowest BCUT2D eigenvalue weighted by atomic mass is 10.1. The van der Waals surface area contributed by atoms with Gasteiger partial charge in [-0.1, -0.05) is 38.1 Å². The van der Waals surface area contributed by atoms with Crippen molar-refractivity contribution >= 4 is 12.0 Å². The van der Waals surface area contributed by atoms with Crippen LogP contribution in [0.15, 0.2) is 24.3 Å². The Labute approximate surface area is 119 Å². The van der Waals surface area contributed by atoms with E-state index in [0.29, 0.717) is 6.54 Å². The van der Waals surface area contributed by atoms with Crippen LogP contribution in [0.4, 0.5) is 4.79 Å². The van der Waals surface area contributed by atoms with Gasteiger partial charge >= 0.3 is 12.0 Å². The molecule has 0 aliphatic rings. The summed E-state index contributed by atoms with van der Waals surface area (Å²) in [5, 5.41) is 11.6. The van der Waals surface area contributed by atoms with E-state index >= 15 is 0 Å². The smallest absolute Gasteiger partial charge is 0.326 e. The summed E-state index contributed by atoms with van der Waals surface area (Å²) < 4.78 is 0. The second kappa shape index (κ2) is 6.93. The fraction of sp³-hybridized carbons (Fsp3) is 0.467. The summed E-state index contributed by atoms with van der Waals surface area (Å²) in [5.74, 6) is -1.18. The molecule has 0 bridgehead atoms. The maximum atomic E-state index is 12.0. The van der Waals surface area contributed by atoms with E-state index in [1.165, 1.54) is 4.90 Å². The molecule has 1 aromatic carbocycles. The fourth-order valence-corrected chi connectivity index (χ4v) is 1.87. The first-order chi connectivity index (χ1) is 9.32. The van der Waals surface area contributed by atoms with Crippen LogP contribution in [-0.2, 0) is 11.3 Å². The van der Waals surface area contributed by atoms with Gasteiger partial charge in [0, 0.05) is 13.6 Å². The number of aliphatic carboxylic acids is 1. The van der Waals surface area contributed by atoms with Gasteiger partial charge in [0.25, 0.3) is 0 Å². The second-order valence-corrected chi connectivity index (χ2v) is 5.29. The van der Waals surface area contributed by atoms with Gasteiger partial charge in [-0.05, 0) is 24.0 Å². The molecule has 0 fully saturated rings. The van der Waals surface area contributed by atoms with Gasteiger partial charge in [0.05, 0.1) is 0 Å². The highest BCUT2D eigenvalue weighted by Gasteiger charge is 2.24. The van der Waals surface area contributed by atoms with E-state index in [1.54, 1.807) is 20.9 Å². The standard InChI is InChI=1S/C15H22N2O3/c1-10(2)13(14(18)19)16-15(20)17(4)9-12-8-6-5-7-11(12)3/h5-8,10,13H,9H2,1-4H3,(H,16,20)(H,18,19)/t13-/m1/s1. The Morgan fingerprint density at radius 1 is 1.30 bits per heavy atom. The zero-order chi connectivity index (χ0) is 15.3. The summed E-state index contributed by atoms with van der Waals surface area (Å²) in [6, 6.07) is 6.54. The Morgan fingerprint density at radius 2 is 1.90 bits per heavy atom. The third-order valence-electron chi connectivity index (χ3n) is 3.23. The highest BCUT2D eigenvalue weighted by Crippen LogP contribution is 2.10. The molecule has 0 radical (unpaired) electrons. The van der Waals surface area contributed by atoms with Crippen LogP contribution in [0.1, 0.15) is 25.0 Å². The van der Waals surface area contributed by atoms with E-state index in [9.17, 15) is 9.59 Å². The molecule has 2 amide bonds. The van der Waals surface area contributed by atoms with Crippen molar-refractivity contribution in [3.05, 3.63) is 35.4 Å². The van der Waals surface area contributed by atoms with Crippen molar-refractivity contribution in [2.75, 3.05) is 7.05 Å². The molecule has 2 N–H and O–H groups in total. The van der Waals surface area contributed by atoms with Crippen LogP contribution in [0.3, 0.4) is 0 Å². The summed E-state index contributed by atoms with van der Waals surface area (Å²) in [6.07, 6.45) is 0. The van der Waals surface area contributed by atoms with Gasteiger partial charge in [0.1, 0.15) is 6.04 Å². The minimum Gasteiger partial charge on any atom is -0.480 e. The highest BCUT2D eigenvalue weighted by molar-refractivity contribution is 5.82. The highest BCUT2D eigenvalue weighted by atomic mass is 16.4. The molecule has 0 saturated carbocycles. The van der Waals surface area contributed by atoms with Crippen molar-refractivity contribution in [2.45, 2.75) is 33.4 Å². The molecule has 5 heteroatoms. The average Bonchev–Trinajstić information content (AvgIpc) is 2.37. The molecule has 1 atom stereocenters. The van der Waals surface area contributed by atoms with E-state index in [4.69, 9.17) is 5.11 Å². The van der Waals surface area contributed by atoms with Gasteiger partial charge in [-0.15, -0.1) is 0 Å². The van der Waals surface area contributed by atoms with Crippen LogP contribution in [0.2, 0.25) is 0 Å².